The molecule has 3 N–H and O–H groups in total. The van der Waals surface area contributed by atoms with Crippen LogP contribution in [0.5, 0.6) is 0 Å². The third-order valence-corrected chi connectivity index (χ3v) is 2.42. The van der Waals surface area contributed by atoms with Gasteiger partial charge in [0.05, 0.1) is 6.42 Å². The van der Waals surface area contributed by atoms with Crippen molar-refractivity contribution in [1.29, 1.82) is 0 Å². The van der Waals surface area contributed by atoms with Gasteiger partial charge in [0, 0.05) is 13.0 Å². The summed E-state index contributed by atoms with van der Waals surface area (Å²) in [7, 11) is 0. The first kappa shape index (κ1) is 16.1. The van der Waals surface area contributed by atoms with Crippen LogP contribution in [-0.4, -0.2) is 48.6 Å². The number of hydrogen-bond donors (Lipinski definition) is 3. The van der Waals surface area contributed by atoms with E-state index in [1.54, 1.807) is 0 Å². The maximum Gasteiger partial charge on any atom is 0.381 e. The lowest BCUT2D eigenvalue weighted by atomic mass is 10.2. The van der Waals surface area contributed by atoms with Gasteiger partial charge in [0.15, 0.2) is 0 Å². The zero-order valence-electron chi connectivity index (χ0n) is 10.6. The highest BCUT2D eigenvalue weighted by Crippen LogP contribution is 2.06. The Labute approximate surface area is 117 Å². The van der Waals surface area contributed by atoms with Gasteiger partial charge in [-0.05, 0) is 9.91 Å². The van der Waals surface area contributed by atoms with E-state index in [1.807, 2.05) is 0 Å². The molecule has 11 nitrogen and oxygen atoms in total. The van der Waals surface area contributed by atoms with E-state index < -0.39 is 35.2 Å². The number of aliphatic carboxylic acids is 2. The smallest absolute Gasteiger partial charge is 0.381 e. The van der Waals surface area contributed by atoms with Crippen molar-refractivity contribution in [3.8, 4) is 0 Å². The molecule has 1 amide bonds. The van der Waals surface area contributed by atoms with Crippen molar-refractivity contribution < 1.29 is 29.5 Å². The van der Waals surface area contributed by atoms with E-state index in [9.17, 15) is 24.5 Å². The molecule has 21 heavy (non-hydrogen) atoms. The molecule has 0 fully saturated rings. The van der Waals surface area contributed by atoms with Gasteiger partial charge in [-0.1, -0.05) is 0 Å². The summed E-state index contributed by atoms with van der Waals surface area (Å²) in [5.41, 5.74) is 0. The summed E-state index contributed by atoms with van der Waals surface area (Å²) < 4.78 is 1.30. The Morgan fingerprint density at radius 3 is 2.57 bits per heavy atom. The summed E-state index contributed by atoms with van der Waals surface area (Å²) in [6.07, 6.45) is 1.38. The molecule has 1 aromatic heterocycles. The molecule has 0 saturated heterocycles. The molecule has 11 heteroatoms. The molecule has 1 aromatic rings. The van der Waals surface area contributed by atoms with E-state index in [0.717, 1.165) is 12.5 Å². The van der Waals surface area contributed by atoms with Crippen molar-refractivity contribution in [3.63, 3.8) is 0 Å². The maximum atomic E-state index is 11.5. The number of carboxylic acids is 2. The van der Waals surface area contributed by atoms with Gasteiger partial charge in [-0.2, -0.15) is 0 Å². The van der Waals surface area contributed by atoms with Crippen molar-refractivity contribution in [1.82, 2.24) is 14.9 Å². The highest BCUT2D eigenvalue weighted by atomic mass is 16.6. The molecule has 114 valence electrons. The lowest BCUT2D eigenvalue weighted by Gasteiger charge is -2.12. The predicted molar refractivity (Wildman–Crippen MR) is 65.3 cm³/mol. The normalized spacial score (nSPS) is 11.6. The number of hydrogen-bond acceptors (Lipinski definition) is 6. The minimum absolute atomic E-state index is 0.0477. The summed E-state index contributed by atoms with van der Waals surface area (Å²) in [4.78, 5) is 45.9. The number of nitro groups is 1. The SMILES string of the molecule is O=C(O)C[C@@H](NC(=O)CCn1cnc([N+](=O)[O-])c1)C(=O)O. The largest absolute Gasteiger partial charge is 0.481 e. The molecule has 0 spiro atoms. The van der Waals surface area contributed by atoms with Crippen molar-refractivity contribution in [3.05, 3.63) is 22.6 Å². The molecular weight excluding hydrogens is 288 g/mol. The quantitative estimate of drug-likeness (QED) is 0.415. The lowest BCUT2D eigenvalue weighted by Crippen LogP contribution is -2.42. The summed E-state index contributed by atoms with van der Waals surface area (Å²) in [5.74, 6) is -3.86. The zero-order valence-corrected chi connectivity index (χ0v) is 10.6. The van der Waals surface area contributed by atoms with E-state index in [-0.39, 0.29) is 18.8 Å². The fraction of sp³-hybridized carbons (Fsp3) is 0.400. The number of nitrogens with one attached hydrogen (secondary N) is 1. The molecule has 0 radical (unpaired) electrons. The second-order valence-corrected chi connectivity index (χ2v) is 4.03. The molecule has 0 saturated carbocycles. The predicted octanol–water partition coefficient (Wildman–Crippen LogP) is -0.774. The molecule has 1 rings (SSSR count). The second-order valence-electron chi connectivity index (χ2n) is 4.03. The van der Waals surface area contributed by atoms with Gasteiger partial charge in [0.1, 0.15) is 12.2 Å². The first-order valence-electron chi connectivity index (χ1n) is 5.69. The van der Waals surface area contributed by atoms with Crippen LogP contribution in [0.3, 0.4) is 0 Å². The molecular formula is C10H12N4O7. The Bertz CT molecular complexity index is 568. The molecule has 0 aliphatic rings. The third kappa shape index (κ3) is 5.26. The first-order valence-corrected chi connectivity index (χ1v) is 5.69. The molecule has 0 bridgehead atoms. The maximum absolute atomic E-state index is 11.5. The van der Waals surface area contributed by atoms with Crippen LogP contribution < -0.4 is 5.32 Å². The van der Waals surface area contributed by atoms with Crippen LogP contribution in [0.15, 0.2) is 12.5 Å². The Hall–Kier alpha value is -2.98. The Morgan fingerprint density at radius 1 is 1.43 bits per heavy atom. The molecule has 1 atom stereocenters. The number of rotatable bonds is 8. The highest BCUT2D eigenvalue weighted by molar-refractivity contribution is 5.86. The van der Waals surface area contributed by atoms with Gasteiger partial charge >= 0.3 is 17.8 Å². The second kappa shape index (κ2) is 6.98. The first-order chi connectivity index (χ1) is 9.79. The van der Waals surface area contributed by atoms with Crippen LogP contribution in [0.4, 0.5) is 5.82 Å². The van der Waals surface area contributed by atoms with E-state index >= 15 is 0 Å². The lowest BCUT2D eigenvalue weighted by molar-refractivity contribution is -0.389. The van der Waals surface area contributed by atoms with Crippen molar-refractivity contribution in [2.75, 3.05) is 0 Å². The Morgan fingerprint density at radius 2 is 2.10 bits per heavy atom. The van der Waals surface area contributed by atoms with Gasteiger partial charge in [-0.15, -0.1) is 0 Å². The number of aryl methyl sites for hydroxylation is 1. The Kier molecular flexibility index (Phi) is 5.34. The van der Waals surface area contributed by atoms with Gasteiger partial charge in [-0.25, -0.2) is 4.79 Å². The molecule has 1 heterocycles. The van der Waals surface area contributed by atoms with Crippen molar-refractivity contribution in [2.24, 2.45) is 0 Å². The van der Waals surface area contributed by atoms with Crippen LogP contribution in [0, 0.1) is 10.1 Å². The van der Waals surface area contributed by atoms with E-state index in [0.29, 0.717) is 0 Å². The number of imidazole rings is 1. The average Bonchev–Trinajstić information content (AvgIpc) is 2.83. The number of carbonyl (C=O) groups is 3. The highest BCUT2D eigenvalue weighted by Gasteiger charge is 2.22. The van der Waals surface area contributed by atoms with Gasteiger partial charge in [-0.3, -0.25) is 9.59 Å². The Balaban J connectivity index is 2.50. The number of amides is 1. The summed E-state index contributed by atoms with van der Waals surface area (Å²) in [6.45, 7) is 0.0477. The summed E-state index contributed by atoms with van der Waals surface area (Å²) in [6, 6.07) is -1.52. The van der Waals surface area contributed by atoms with E-state index in [4.69, 9.17) is 10.2 Å². The topological polar surface area (TPSA) is 165 Å². The van der Waals surface area contributed by atoms with Gasteiger partial charge in [0.25, 0.3) is 0 Å². The molecule has 0 aliphatic heterocycles. The zero-order chi connectivity index (χ0) is 16.0. The summed E-state index contributed by atoms with van der Waals surface area (Å²) >= 11 is 0. The van der Waals surface area contributed by atoms with Gasteiger partial charge in [0.2, 0.25) is 12.2 Å². The van der Waals surface area contributed by atoms with Crippen LogP contribution in [0.25, 0.3) is 0 Å². The fourth-order valence-corrected chi connectivity index (χ4v) is 1.44. The molecule has 0 aliphatic carbocycles. The monoisotopic (exact) mass is 300 g/mol. The van der Waals surface area contributed by atoms with Crippen LogP contribution in [-0.2, 0) is 20.9 Å². The van der Waals surface area contributed by atoms with Crippen LogP contribution >= 0.6 is 0 Å². The van der Waals surface area contributed by atoms with Crippen molar-refractivity contribution >= 4 is 23.7 Å². The van der Waals surface area contributed by atoms with E-state index in [1.165, 1.54) is 4.57 Å². The van der Waals surface area contributed by atoms with Crippen molar-refractivity contribution in [2.45, 2.75) is 25.4 Å². The molecule has 0 aromatic carbocycles. The average molecular weight is 300 g/mol. The minimum atomic E-state index is -1.52. The fourth-order valence-electron chi connectivity index (χ4n) is 1.44. The number of carboxylic acid groups (broad SMARTS) is 2. The summed E-state index contributed by atoms with van der Waals surface area (Å²) in [5, 5.41) is 29.7. The third-order valence-electron chi connectivity index (χ3n) is 2.42. The number of carbonyl (C=O) groups excluding carboxylic acids is 1. The van der Waals surface area contributed by atoms with Gasteiger partial charge < -0.3 is 30.2 Å². The van der Waals surface area contributed by atoms with Crippen LogP contribution in [0.2, 0.25) is 0 Å². The minimum Gasteiger partial charge on any atom is -0.481 e. The van der Waals surface area contributed by atoms with Crippen LogP contribution in [0.1, 0.15) is 12.8 Å². The molecule has 0 unspecified atom stereocenters. The number of nitrogens with zero attached hydrogens (tertiary/aromatic N) is 3. The van der Waals surface area contributed by atoms with E-state index in [2.05, 4.69) is 10.3 Å². The number of aromatic nitrogens is 2. The standard InChI is InChI=1S/C10H12N4O7/c15-8(12-6(10(18)19)3-9(16)17)1-2-13-4-7(11-5-13)14(20)21/h4-6H,1-3H2,(H,12,15)(H,16,17)(H,18,19)/t6-/m1/s1.